The predicted octanol–water partition coefficient (Wildman–Crippen LogP) is 6.53. The van der Waals surface area contributed by atoms with Crippen molar-refractivity contribution in [1.29, 1.82) is 0 Å². The average molecular weight is 451 g/mol. The average Bonchev–Trinajstić information content (AvgIpc) is 3.13. The van der Waals surface area contributed by atoms with Crippen LogP contribution in [-0.4, -0.2) is 24.3 Å². The maximum atomic E-state index is 12.3. The Hall–Kier alpha value is -2.98. The summed E-state index contributed by atoms with van der Waals surface area (Å²) in [5.74, 6) is 0.0738. The molecule has 0 radical (unpaired) electrons. The number of halogens is 1. The number of carboxylic acid groups (broad SMARTS) is 1. The molecule has 0 aliphatic heterocycles. The minimum atomic E-state index is -0.743. The molecular formula is C27H27ClO4. The van der Waals surface area contributed by atoms with Crippen LogP contribution in [0.25, 0.3) is 0 Å². The van der Waals surface area contributed by atoms with E-state index >= 15 is 0 Å². The molecule has 0 aromatic heterocycles. The highest BCUT2D eigenvalue weighted by molar-refractivity contribution is 6.30. The molecule has 0 saturated heterocycles. The van der Waals surface area contributed by atoms with Crippen molar-refractivity contribution >= 4 is 17.6 Å². The molecule has 166 valence electrons. The van der Waals surface area contributed by atoms with Crippen molar-refractivity contribution in [2.24, 2.45) is 5.92 Å². The van der Waals surface area contributed by atoms with E-state index in [0.717, 1.165) is 41.0 Å². The summed E-state index contributed by atoms with van der Waals surface area (Å²) >= 11 is 5.90. The van der Waals surface area contributed by atoms with Crippen LogP contribution in [-0.2, 0) is 4.79 Å². The number of ether oxygens (including phenoxy) is 2. The molecule has 0 bridgehead atoms. The summed E-state index contributed by atoms with van der Waals surface area (Å²) in [6.07, 6.45) is 1.76. The fourth-order valence-corrected chi connectivity index (χ4v) is 4.85. The summed E-state index contributed by atoms with van der Waals surface area (Å²) in [5, 5.41) is 10.8. The molecule has 1 aliphatic rings. The van der Waals surface area contributed by atoms with Crippen LogP contribution < -0.4 is 9.47 Å². The van der Waals surface area contributed by atoms with Crippen molar-refractivity contribution in [3.63, 3.8) is 0 Å². The van der Waals surface area contributed by atoms with E-state index in [2.05, 4.69) is 6.92 Å². The lowest BCUT2D eigenvalue weighted by Crippen LogP contribution is -2.23. The Kier molecular flexibility index (Phi) is 7.01. The second kappa shape index (κ2) is 10.1. The van der Waals surface area contributed by atoms with Gasteiger partial charge >= 0.3 is 5.97 Å². The summed E-state index contributed by atoms with van der Waals surface area (Å²) < 4.78 is 11.6. The predicted molar refractivity (Wildman–Crippen MR) is 126 cm³/mol. The molecule has 0 spiro atoms. The summed E-state index contributed by atoms with van der Waals surface area (Å²) in [5.41, 5.74) is 3.22. The van der Waals surface area contributed by atoms with Gasteiger partial charge in [-0.2, -0.15) is 0 Å². The summed E-state index contributed by atoms with van der Waals surface area (Å²) in [6, 6.07) is 23.2. The second-order valence-corrected chi connectivity index (χ2v) is 8.53. The first-order chi connectivity index (χ1) is 15.6. The SMILES string of the molecule is CCCC1c2cc(OCCOc3ccc(Cl)cc3)ccc2C(c2ccccc2)C1C(=O)O. The molecule has 3 aromatic carbocycles. The minimum Gasteiger partial charge on any atom is -0.490 e. The highest BCUT2D eigenvalue weighted by Gasteiger charge is 2.45. The smallest absolute Gasteiger partial charge is 0.308 e. The van der Waals surface area contributed by atoms with Crippen molar-refractivity contribution in [3.05, 3.63) is 94.5 Å². The van der Waals surface area contributed by atoms with E-state index in [-0.39, 0.29) is 11.8 Å². The van der Waals surface area contributed by atoms with E-state index in [1.165, 1.54) is 0 Å². The van der Waals surface area contributed by atoms with Gasteiger partial charge in [0.2, 0.25) is 0 Å². The van der Waals surface area contributed by atoms with Gasteiger partial charge < -0.3 is 14.6 Å². The zero-order valence-corrected chi connectivity index (χ0v) is 18.8. The number of rotatable bonds is 9. The van der Waals surface area contributed by atoms with Crippen LogP contribution in [0.15, 0.2) is 72.8 Å². The van der Waals surface area contributed by atoms with Gasteiger partial charge in [0.1, 0.15) is 24.7 Å². The molecule has 4 nitrogen and oxygen atoms in total. The Labute approximate surface area is 193 Å². The van der Waals surface area contributed by atoms with E-state index < -0.39 is 11.9 Å². The van der Waals surface area contributed by atoms with Crippen LogP contribution in [0, 0.1) is 5.92 Å². The quantitative estimate of drug-likeness (QED) is 0.376. The number of fused-ring (bicyclic) bond motifs is 1. The fourth-order valence-electron chi connectivity index (χ4n) is 4.72. The van der Waals surface area contributed by atoms with Gasteiger partial charge in [-0.3, -0.25) is 4.79 Å². The monoisotopic (exact) mass is 450 g/mol. The van der Waals surface area contributed by atoms with E-state index in [1.807, 2.05) is 60.7 Å². The van der Waals surface area contributed by atoms with Crippen LogP contribution in [0.1, 0.15) is 48.3 Å². The highest BCUT2D eigenvalue weighted by Crippen LogP contribution is 2.52. The van der Waals surface area contributed by atoms with Gasteiger partial charge in [-0.25, -0.2) is 0 Å². The third kappa shape index (κ3) is 4.76. The highest BCUT2D eigenvalue weighted by atomic mass is 35.5. The summed E-state index contributed by atoms with van der Waals surface area (Å²) in [6.45, 7) is 2.90. The molecule has 1 N–H and O–H groups in total. The molecule has 0 fully saturated rings. The first-order valence-corrected chi connectivity index (χ1v) is 11.4. The first kappa shape index (κ1) is 22.2. The Bertz CT molecular complexity index is 1050. The number of carbonyl (C=O) groups is 1. The van der Waals surface area contributed by atoms with Gasteiger partial charge in [0.25, 0.3) is 0 Å². The molecule has 0 amide bonds. The maximum Gasteiger partial charge on any atom is 0.308 e. The molecule has 0 heterocycles. The molecule has 0 saturated carbocycles. The molecule has 4 rings (SSSR count). The molecule has 3 atom stereocenters. The van der Waals surface area contributed by atoms with Crippen LogP contribution in [0.4, 0.5) is 0 Å². The lowest BCUT2D eigenvalue weighted by Gasteiger charge is -2.22. The van der Waals surface area contributed by atoms with Crippen molar-refractivity contribution in [1.82, 2.24) is 0 Å². The number of hydrogen-bond donors (Lipinski definition) is 1. The van der Waals surface area contributed by atoms with Crippen LogP contribution in [0.2, 0.25) is 5.02 Å². The Morgan fingerprint density at radius 2 is 1.56 bits per heavy atom. The van der Waals surface area contributed by atoms with Gasteiger partial charge in [0.05, 0.1) is 5.92 Å². The Morgan fingerprint density at radius 3 is 2.22 bits per heavy atom. The largest absolute Gasteiger partial charge is 0.490 e. The molecule has 32 heavy (non-hydrogen) atoms. The van der Waals surface area contributed by atoms with Gasteiger partial charge in [-0.05, 0) is 65.4 Å². The molecule has 5 heteroatoms. The second-order valence-electron chi connectivity index (χ2n) is 8.09. The summed E-state index contributed by atoms with van der Waals surface area (Å²) in [7, 11) is 0. The first-order valence-electron chi connectivity index (χ1n) is 11.0. The molecule has 1 aliphatic carbocycles. The van der Waals surface area contributed by atoms with Crippen LogP contribution >= 0.6 is 11.6 Å². The van der Waals surface area contributed by atoms with Crippen molar-refractivity contribution < 1.29 is 19.4 Å². The fraction of sp³-hybridized carbons (Fsp3) is 0.296. The lowest BCUT2D eigenvalue weighted by molar-refractivity contribution is -0.142. The molecule has 3 aromatic rings. The van der Waals surface area contributed by atoms with E-state index in [9.17, 15) is 9.90 Å². The number of benzene rings is 3. The van der Waals surface area contributed by atoms with Gasteiger partial charge in [-0.15, -0.1) is 0 Å². The van der Waals surface area contributed by atoms with E-state index in [0.29, 0.717) is 18.2 Å². The van der Waals surface area contributed by atoms with Gasteiger partial charge in [0, 0.05) is 10.9 Å². The van der Waals surface area contributed by atoms with Gasteiger partial charge in [0.15, 0.2) is 0 Å². The van der Waals surface area contributed by atoms with Crippen molar-refractivity contribution in [3.8, 4) is 11.5 Å². The van der Waals surface area contributed by atoms with Crippen molar-refractivity contribution in [2.45, 2.75) is 31.6 Å². The lowest BCUT2D eigenvalue weighted by atomic mass is 9.81. The zero-order chi connectivity index (χ0) is 22.5. The topological polar surface area (TPSA) is 55.8 Å². The number of hydrogen-bond acceptors (Lipinski definition) is 3. The minimum absolute atomic E-state index is 0.0356. The third-order valence-electron chi connectivity index (χ3n) is 6.06. The van der Waals surface area contributed by atoms with Crippen LogP contribution in [0.5, 0.6) is 11.5 Å². The summed E-state index contributed by atoms with van der Waals surface area (Å²) in [4.78, 5) is 12.3. The maximum absolute atomic E-state index is 12.3. The number of carboxylic acids is 1. The van der Waals surface area contributed by atoms with E-state index in [1.54, 1.807) is 12.1 Å². The molecule has 3 unspecified atom stereocenters. The Balaban J connectivity index is 1.52. The standard InChI is InChI=1S/C27H27ClO4/c1-2-6-22-24-17-21(32-16-15-31-20-11-9-19(28)10-12-20)13-14-23(24)25(26(22)27(29)30)18-7-4-3-5-8-18/h3-5,7-14,17,22,25-26H,2,6,15-16H2,1H3,(H,29,30). The third-order valence-corrected chi connectivity index (χ3v) is 6.32. The Morgan fingerprint density at radius 1 is 0.906 bits per heavy atom. The van der Waals surface area contributed by atoms with Crippen LogP contribution in [0.3, 0.4) is 0 Å². The van der Waals surface area contributed by atoms with Gasteiger partial charge in [-0.1, -0.05) is 61.3 Å². The molecular weight excluding hydrogens is 424 g/mol. The normalized spacial score (nSPS) is 19.4. The van der Waals surface area contributed by atoms with E-state index in [4.69, 9.17) is 21.1 Å². The van der Waals surface area contributed by atoms with Crippen molar-refractivity contribution in [2.75, 3.05) is 13.2 Å². The number of aliphatic carboxylic acids is 1. The zero-order valence-electron chi connectivity index (χ0n) is 18.0.